The molecule has 0 bridgehead atoms. The van der Waals surface area contributed by atoms with Gasteiger partial charge in [-0.2, -0.15) is 0 Å². The summed E-state index contributed by atoms with van der Waals surface area (Å²) in [5.41, 5.74) is 1.79. The van der Waals surface area contributed by atoms with Crippen molar-refractivity contribution in [3.05, 3.63) is 65.6 Å². The summed E-state index contributed by atoms with van der Waals surface area (Å²) < 4.78 is 5.41. The molecule has 2 heterocycles. The quantitative estimate of drug-likeness (QED) is 0.748. The molecule has 1 aromatic carbocycles. The number of nitrogens with zero attached hydrogens (tertiary/aromatic N) is 2. The van der Waals surface area contributed by atoms with E-state index in [-0.39, 0.29) is 11.9 Å². The van der Waals surface area contributed by atoms with Crippen LogP contribution in [0.2, 0.25) is 0 Å². The monoisotopic (exact) mass is 342 g/mol. The third kappa shape index (κ3) is 3.72. The molecule has 0 spiro atoms. The fourth-order valence-electron chi connectivity index (χ4n) is 2.46. The number of carbonyl (C=O) groups excluding carboxylic acids is 1. The van der Waals surface area contributed by atoms with E-state index in [1.165, 1.54) is 11.3 Å². The lowest BCUT2D eigenvalue weighted by Crippen LogP contribution is -2.83. The summed E-state index contributed by atoms with van der Waals surface area (Å²) in [6, 6.07) is 13.7. The number of nitrogens with two attached hydrogens (primary N) is 1. The van der Waals surface area contributed by atoms with Crippen molar-refractivity contribution in [2.24, 2.45) is 0 Å². The first-order valence-electron chi connectivity index (χ1n) is 7.82. The smallest absolute Gasteiger partial charge is 0.230 e. The first-order valence-corrected chi connectivity index (χ1v) is 8.70. The van der Waals surface area contributed by atoms with Crippen LogP contribution in [0.15, 0.2) is 58.5 Å². The van der Waals surface area contributed by atoms with E-state index in [1.54, 1.807) is 18.1 Å². The minimum Gasteiger partial charge on any atom is -0.463 e. The predicted octanol–water partition coefficient (Wildman–Crippen LogP) is 3.25. The molecule has 0 aliphatic heterocycles. The van der Waals surface area contributed by atoms with Crippen molar-refractivity contribution < 1.29 is 14.5 Å². The molecule has 0 radical (unpaired) electrons. The van der Waals surface area contributed by atoms with Crippen molar-refractivity contribution in [1.82, 2.24) is 4.98 Å². The molecule has 3 aromatic rings. The summed E-state index contributed by atoms with van der Waals surface area (Å²) in [5.74, 6) is 0.898. The van der Waals surface area contributed by atoms with Crippen LogP contribution >= 0.6 is 11.3 Å². The van der Waals surface area contributed by atoms with E-state index in [0.29, 0.717) is 5.13 Å². The van der Waals surface area contributed by atoms with Gasteiger partial charge in [-0.25, -0.2) is 4.98 Å². The second kappa shape index (κ2) is 7.42. The van der Waals surface area contributed by atoms with Crippen LogP contribution in [0.1, 0.15) is 31.3 Å². The van der Waals surface area contributed by atoms with Crippen LogP contribution in [0, 0.1) is 0 Å². The van der Waals surface area contributed by atoms with E-state index in [0.717, 1.165) is 23.7 Å². The maximum atomic E-state index is 12.0. The molecule has 0 aliphatic carbocycles. The van der Waals surface area contributed by atoms with E-state index < -0.39 is 0 Å². The first-order chi connectivity index (χ1) is 11.6. The number of hydrogen-bond acceptors (Lipinski definition) is 4. The maximum Gasteiger partial charge on any atom is 0.230 e. The molecule has 0 aliphatic rings. The lowest BCUT2D eigenvalue weighted by molar-refractivity contribution is -0.710. The van der Waals surface area contributed by atoms with Gasteiger partial charge in [-0.3, -0.25) is 9.69 Å². The number of furan rings is 1. The summed E-state index contributed by atoms with van der Waals surface area (Å²) in [7, 11) is 0. The molecule has 2 N–H and O–H groups in total. The van der Waals surface area contributed by atoms with Crippen LogP contribution < -0.4 is 10.2 Å². The second-order valence-electron chi connectivity index (χ2n) is 5.56. The van der Waals surface area contributed by atoms with Crippen LogP contribution in [-0.2, 0) is 11.3 Å². The van der Waals surface area contributed by atoms with Gasteiger partial charge in [-0.05, 0) is 31.2 Å². The number of para-hydroxylation sites is 1. The van der Waals surface area contributed by atoms with Gasteiger partial charge in [0.25, 0.3) is 0 Å². The topological polar surface area (TPSA) is 63.0 Å². The summed E-state index contributed by atoms with van der Waals surface area (Å²) in [6.45, 7) is 4.38. The molecular formula is C18H20N3O2S+. The van der Waals surface area contributed by atoms with Crippen LogP contribution in [0.3, 0.4) is 0 Å². The van der Waals surface area contributed by atoms with E-state index in [1.807, 2.05) is 47.8 Å². The van der Waals surface area contributed by atoms with Gasteiger partial charge in [-0.1, -0.05) is 18.2 Å². The fraction of sp³-hybridized carbons (Fsp3) is 0.222. The summed E-state index contributed by atoms with van der Waals surface area (Å²) in [6.07, 6.45) is 1.69. The first kappa shape index (κ1) is 16.4. The molecule has 24 heavy (non-hydrogen) atoms. The molecule has 5 nitrogen and oxygen atoms in total. The van der Waals surface area contributed by atoms with Gasteiger partial charge in [0.2, 0.25) is 5.91 Å². The Morgan fingerprint density at radius 3 is 2.75 bits per heavy atom. The molecule has 1 amide bonds. The molecular weight excluding hydrogens is 322 g/mol. The zero-order valence-electron chi connectivity index (χ0n) is 13.7. The minimum atomic E-state index is -0.0463. The Kier molecular flexibility index (Phi) is 5.08. The highest BCUT2D eigenvalue weighted by Crippen LogP contribution is 2.28. The van der Waals surface area contributed by atoms with Crippen molar-refractivity contribution in [3.63, 3.8) is 0 Å². The van der Waals surface area contributed by atoms with Crippen LogP contribution in [-0.4, -0.2) is 10.9 Å². The van der Waals surface area contributed by atoms with Crippen molar-refractivity contribution in [3.8, 4) is 0 Å². The Balaban J connectivity index is 1.71. The molecule has 0 unspecified atom stereocenters. The molecule has 0 saturated heterocycles. The van der Waals surface area contributed by atoms with Gasteiger partial charge in [0.05, 0.1) is 12.0 Å². The van der Waals surface area contributed by atoms with Crippen molar-refractivity contribution >= 4 is 28.1 Å². The van der Waals surface area contributed by atoms with Gasteiger partial charge >= 0.3 is 0 Å². The molecule has 124 valence electrons. The van der Waals surface area contributed by atoms with Gasteiger partial charge in [0.15, 0.2) is 10.9 Å². The van der Waals surface area contributed by atoms with Gasteiger partial charge < -0.3 is 9.73 Å². The zero-order chi connectivity index (χ0) is 16.9. The Bertz CT molecular complexity index is 784. The normalized spacial score (nSPS) is 12.1. The van der Waals surface area contributed by atoms with Crippen LogP contribution in [0.4, 0.5) is 10.8 Å². The molecule has 6 heteroatoms. The lowest BCUT2D eigenvalue weighted by atomic mass is 10.2. The number of anilines is 2. The molecule has 3 rings (SSSR count). The molecule has 0 saturated carbocycles. The third-order valence-corrected chi connectivity index (χ3v) is 4.61. The van der Waals surface area contributed by atoms with Gasteiger partial charge in [0, 0.05) is 12.3 Å². The molecule has 1 atom stereocenters. The Morgan fingerprint density at radius 2 is 2.08 bits per heavy atom. The maximum absolute atomic E-state index is 12.0. The van der Waals surface area contributed by atoms with E-state index in [9.17, 15) is 4.79 Å². The number of rotatable bonds is 6. The highest BCUT2D eigenvalue weighted by atomic mass is 32.1. The molecule has 0 fully saturated rings. The fourth-order valence-corrected chi connectivity index (χ4v) is 3.36. The van der Waals surface area contributed by atoms with E-state index in [2.05, 4.69) is 17.2 Å². The third-order valence-electron chi connectivity index (χ3n) is 3.73. The number of aromatic nitrogens is 1. The van der Waals surface area contributed by atoms with Gasteiger partial charge in [-0.15, -0.1) is 11.3 Å². The van der Waals surface area contributed by atoms with E-state index >= 15 is 0 Å². The SMILES string of the molecule is CC(=O)N(c1ccccc1)c1nc(C[NH2+][C@@H](C)c2ccco2)cs1. The summed E-state index contributed by atoms with van der Waals surface area (Å²) >= 11 is 1.48. The lowest BCUT2D eigenvalue weighted by Gasteiger charge is -2.17. The number of amides is 1. The average Bonchev–Trinajstić information content (AvgIpc) is 3.26. The van der Waals surface area contributed by atoms with E-state index in [4.69, 9.17) is 4.42 Å². The van der Waals surface area contributed by atoms with Crippen molar-refractivity contribution in [2.45, 2.75) is 26.4 Å². The number of thiazole rings is 1. The average molecular weight is 342 g/mol. The number of carbonyl (C=O) groups is 1. The Labute approximate surface area is 144 Å². The van der Waals surface area contributed by atoms with Crippen molar-refractivity contribution in [2.75, 3.05) is 4.90 Å². The predicted molar refractivity (Wildman–Crippen MR) is 94.1 cm³/mol. The Morgan fingerprint density at radius 1 is 1.29 bits per heavy atom. The second-order valence-corrected chi connectivity index (χ2v) is 6.39. The van der Waals surface area contributed by atoms with Gasteiger partial charge in [0.1, 0.15) is 18.3 Å². The minimum absolute atomic E-state index is 0.0463. The standard InChI is InChI=1S/C18H19N3O2S/c1-13(17-9-6-10-23-17)19-11-15-12-24-18(20-15)21(14(2)22)16-7-4-3-5-8-16/h3-10,12-13,19H,11H2,1-2H3/p+1/t13-/m0/s1. The van der Waals surface area contributed by atoms with Crippen molar-refractivity contribution in [1.29, 1.82) is 0 Å². The highest BCUT2D eigenvalue weighted by molar-refractivity contribution is 7.14. The molecule has 2 aromatic heterocycles. The summed E-state index contributed by atoms with van der Waals surface area (Å²) in [5, 5.41) is 4.86. The highest BCUT2D eigenvalue weighted by Gasteiger charge is 2.19. The largest absolute Gasteiger partial charge is 0.463 e. The number of benzene rings is 1. The zero-order valence-corrected chi connectivity index (χ0v) is 14.5. The van der Waals surface area contributed by atoms with Crippen LogP contribution in [0.25, 0.3) is 0 Å². The number of quaternary nitrogens is 1. The Hall–Kier alpha value is -2.44. The number of hydrogen-bond donors (Lipinski definition) is 1. The van der Waals surface area contributed by atoms with Crippen LogP contribution in [0.5, 0.6) is 0 Å². The summed E-state index contributed by atoms with van der Waals surface area (Å²) in [4.78, 5) is 18.3.